The van der Waals surface area contributed by atoms with Crippen LogP contribution >= 0.6 is 11.3 Å². The number of thiophene rings is 1. The first kappa shape index (κ1) is 23.1. The summed E-state index contributed by atoms with van der Waals surface area (Å²) in [5, 5.41) is 4.54. The largest absolute Gasteiger partial charge is 0.457 e. The molecule has 166 valence electrons. The molecule has 1 aliphatic rings. The Balaban J connectivity index is 1.56. The van der Waals surface area contributed by atoms with Crippen LogP contribution in [0.3, 0.4) is 0 Å². The Labute approximate surface area is 185 Å². The first-order valence-electron chi connectivity index (χ1n) is 9.87. The van der Waals surface area contributed by atoms with Gasteiger partial charge < -0.3 is 10.1 Å². The molecule has 1 aliphatic heterocycles. The summed E-state index contributed by atoms with van der Waals surface area (Å²) < 4.78 is 31.6. The molecule has 10 heteroatoms. The van der Waals surface area contributed by atoms with Crippen molar-refractivity contribution < 1.29 is 27.5 Å². The van der Waals surface area contributed by atoms with E-state index in [9.17, 15) is 22.8 Å². The summed E-state index contributed by atoms with van der Waals surface area (Å²) >= 11 is 1.41. The molecule has 0 saturated carbocycles. The molecule has 2 aromatic rings. The summed E-state index contributed by atoms with van der Waals surface area (Å²) in [4.78, 5) is 36.9. The van der Waals surface area contributed by atoms with Crippen molar-refractivity contribution in [2.75, 3.05) is 19.7 Å². The van der Waals surface area contributed by atoms with Crippen LogP contribution in [0.4, 0.5) is 0 Å². The molecule has 1 fully saturated rings. The van der Waals surface area contributed by atoms with Crippen molar-refractivity contribution in [3.8, 4) is 0 Å². The number of ketones is 1. The molecular formula is C21H24N2O6S2. The van der Waals surface area contributed by atoms with Crippen LogP contribution < -0.4 is 5.32 Å². The molecule has 8 nitrogen and oxygen atoms in total. The lowest BCUT2D eigenvalue weighted by molar-refractivity contribution is -0.143. The summed E-state index contributed by atoms with van der Waals surface area (Å²) in [5.74, 6) is -1.33. The van der Waals surface area contributed by atoms with Crippen molar-refractivity contribution in [3.05, 3.63) is 52.2 Å². The van der Waals surface area contributed by atoms with Gasteiger partial charge in [0.15, 0.2) is 12.4 Å². The van der Waals surface area contributed by atoms with E-state index in [1.807, 2.05) is 17.5 Å². The number of amides is 1. The van der Waals surface area contributed by atoms with Gasteiger partial charge in [-0.1, -0.05) is 6.07 Å². The highest BCUT2D eigenvalue weighted by molar-refractivity contribution is 7.89. The summed E-state index contributed by atoms with van der Waals surface area (Å²) in [5.41, 5.74) is 0.254. The van der Waals surface area contributed by atoms with Gasteiger partial charge in [-0.05, 0) is 48.6 Å². The van der Waals surface area contributed by atoms with E-state index >= 15 is 0 Å². The van der Waals surface area contributed by atoms with Crippen molar-refractivity contribution in [2.24, 2.45) is 0 Å². The second-order valence-corrected chi connectivity index (χ2v) is 10.1. The predicted octanol–water partition coefficient (Wildman–Crippen LogP) is 2.53. The summed E-state index contributed by atoms with van der Waals surface area (Å²) in [6.07, 6.45) is 1.59. The first-order chi connectivity index (χ1) is 14.8. The Morgan fingerprint density at radius 1 is 1.13 bits per heavy atom. The number of hydrogen-bond acceptors (Lipinski definition) is 7. The number of sulfonamides is 1. The lowest BCUT2D eigenvalue weighted by atomic mass is 10.1. The van der Waals surface area contributed by atoms with Gasteiger partial charge in [0, 0.05) is 30.5 Å². The zero-order valence-electron chi connectivity index (χ0n) is 17.1. The topological polar surface area (TPSA) is 110 Å². The van der Waals surface area contributed by atoms with Gasteiger partial charge in [0.1, 0.15) is 0 Å². The van der Waals surface area contributed by atoms with Gasteiger partial charge >= 0.3 is 5.97 Å². The molecule has 2 heterocycles. The zero-order chi connectivity index (χ0) is 22.4. The molecule has 1 unspecified atom stereocenters. The van der Waals surface area contributed by atoms with Crippen molar-refractivity contribution in [3.63, 3.8) is 0 Å². The highest BCUT2D eigenvalue weighted by atomic mass is 32.2. The SMILES string of the molecule is CC(=O)NC(CC(=O)OCC(=O)c1ccc(S(=O)(=O)N2CCCC2)cc1)c1cccs1. The number of benzene rings is 1. The van der Waals surface area contributed by atoms with Crippen molar-refractivity contribution in [1.82, 2.24) is 9.62 Å². The minimum atomic E-state index is -3.55. The number of hydrogen-bond donors (Lipinski definition) is 1. The molecule has 1 saturated heterocycles. The standard InChI is InChI=1S/C21H24N2O6S2/c1-15(24)22-18(20-5-4-12-30-20)13-21(26)29-14-19(25)16-6-8-17(9-7-16)31(27,28)23-10-2-3-11-23/h4-9,12,18H,2-3,10-11,13-14H2,1H3,(H,22,24). The molecule has 0 spiro atoms. The van der Waals surface area contributed by atoms with Gasteiger partial charge in [-0.15, -0.1) is 11.3 Å². The summed E-state index contributed by atoms with van der Waals surface area (Å²) in [6.45, 7) is 1.91. The quantitative estimate of drug-likeness (QED) is 0.451. The number of carbonyl (C=O) groups excluding carboxylic acids is 3. The summed E-state index contributed by atoms with van der Waals surface area (Å²) in [6, 6.07) is 8.74. The van der Waals surface area contributed by atoms with E-state index in [1.54, 1.807) is 0 Å². The number of ether oxygens (including phenoxy) is 1. The third kappa shape index (κ3) is 5.99. The van der Waals surface area contributed by atoms with E-state index in [-0.39, 0.29) is 22.8 Å². The number of esters is 1. The normalized spacial score (nSPS) is 15.4. The van der Waals surface area contributed by atoms with Crippen molar-refractivity contribution in [1.29, 1.82) is 0 Å². The van der Waals surface area contributed by atoms with Crippen LogP contribution in [-0.4, -0.2) is 50.1 Å². The number of rotatable bonds is 9. The minimum absolute atomic E-state index is 0.0968. The maximum Gasteiger partial charge on any atom is 0.308 e. The smallest absolute Gasteiger partial charge is 0.308 e. The molecule has 1 N–H and O–H groups in total. The fraction of sp³-hybridized carbons (Fsp3) is 0.381. The van der Waals surface area contributed by atoms with E-state index in [2.05, 4.69) is 5.32 Å². The van der Waals surface area contributed by atoms with Gasteiger partial charge in [0.25, 0.3) is 0 Å². The highest BCUT2D eigenvalue weighted by Crippen LogP contribution is 2.23. The highest BCUT2D eigenvalue weighted by Gasteiger charge is 2.27. The second-order valence-electron chi connectivity index (χ2n) is 7.19. The van der Waals surface area contributed by atoms with Crippen LogP contribution in [0.2, 0.25) is 0 Å². The monoisotopic (exact) mass is 464 g/mol. The maximum atomic E-state index is 12.5. The van der Waals surface area contributed by atoms with Gasteiger partial charge in [-0.3, -0.25) is 14.4 Å². The minimum Gasteiger partial charge on any atom is -0.457 e. The maximum absolute atomic E-state index is 12.5. The number of nitrogens with one attached hydrogen (secondary N) is 1. The van der Waals surface area contributed by atoms with Crippen LogP contribution in [0.5, 0.6) is 0 Å². The molecule has 31 heavy (non-hydrogen) atoms. The van der Waals surface area contributed by atoms with Crippen molar-refractivity contribution in [2.45, 2.75) is 37.1 Å². The van der Waals surface area contributed by atoms with E-state index in [4.69, 9.17) is 4.74 Å². The Morgan fingerprint density at radius 2 is 1.81 bits per heavy atom. The van der Waals surface area contributed by atoms with Gasteiger partial charge in [0.2, 0.25) is 15.9 Å². The molecular weight excluding hydrogens is 440 g/mol. The molecule has 1 aromatic carbocycles. The van der Waals surface area contributed by atoms with Crippen LogP contribution in [0, 0.1) is 0 Å². The molecule has 0 aliphatic carbocycles. The third-order valence-electron chi connectivity index (χ3n) is 4.88. The first-order valence-corrected chi connectivity index (χ1v) is 12.2. The molecule has 1 atom stereocenters. The van der Waals surface area contributed by atoms with E-state index in [1.165, 1.54) is 46.8 Å². The molecule has 3 rings (SSSR count). The number of carbonyl (C=O) groups is 3. The predicted molar refractivity (Wildman–Crippen MR) is 115 cm³/mol. The Hall–Kier alpha value is -2.56. The number of Topliss-reactive ketones (excluding diaryl/α,β-unsaturated/α-hetero) is 1. The van der Waals surface area contributed by atoms with E-state index in [0.29, 0.717) is 13.1 Å². The Morgan fingerprint density at radius 3 is 2.39 bits per heavy atom. The fourth-order valence-electron chi connectivity index (χ4n) is 3.30. The zero-order valence-corrected chi connectivity index (χ0v) is 18.7. The fourth-order valence-corrected chi connectivity index (χ4v) is 5.60. The summed E-state index contributed by atoms with van der Waals surface area (Å²) in [7, 11) is -3.55. The van der Waals surface area contributed by atoms with Crippen LogP contribution in [0.1, 0.15) is 47.5 Å². The molecule has 1 amide bonds. The Bertz CT molecular complexity index is 1030. The van der Waals surface area contributed by atoms with Crippen LogP contribution in [-0.2, 0) is 24.3 Å². The Kier molecular flexibility index (Phi) is 7.58. The lowest BCUT2D eigenvalue weighted by Crippen LogP contribution is -2.28. The molecule has 0 bridgehead atoms. The lowest BCUT2D eigenvalue weighted by Gasteiger charge is -2.16. The van der Waals surface area contributed by atoms with Crippen LogP contribution in [0.15, 0.2) is 46.7 Å². The van der Waals surface area contributed by atoms with E-state index < -0.39 is 34.4 Å². The van der Waals surface area contributed by atoms with Gasteiger partial charge in [-0.25, -0.2) is 8.42 Å². The average Bonchev–Trinajstić information content (AvgIpc) is 3.46. The van der Waals surface area contributed by atoms with Crippen molar-refractivity contribution >= 4 is 39.0 Å². The molecule has 0 radical (unpaired) electrons. The third-order valence-corrected chi connectivity index (χ3v) is 7.78. The van der Waals surface area contributed by atoms with E-state index in [0.717, 1.165) is 17.7 Å². The van der Waals surface area contributed by atoms with Crippen LogP contribution in [0.25, 0.3) is 0 Å². The van der Waals surface area contributed by atoms with Gasteiger partial charge in [-0.2, -0.15) is 4.31 Å². The van der Waals surface area contributed by atoms with Gasteiger partial charge in [0.05, 0.1) is 17.4 Å². The second kappa shape index (κ2) is 10.2. The average molecular weight is 465 g/mol. The number of nitrogens with zero attached hydrogens (tertiary/aromatic N) is 1. The molecule has 1 aromatic heterocycles.